The van der Waals surface area contributed by atoms with E-state index in [-0.39, 0.29) is 35.7 Å². The van der Waals surface area contributed by atoms with Gasteiger partial charge in [0.05, 0.1) is 12.2 Å². The molecule has 3 aromatic rings. The summed E-state index contributed by atoms with van der Waals surface area (Å²) in [7, 11) is 0. The quantitative estimate of drug-likeness (QED) is 0.0558. The number of carboxylic acids is 1. The number of halogens is 5. The maximum atomic E-state index is 12.9. The molecule has 0 aliphatic carbocycles. The Bertz CT molecular complexity index is 1370. The van der Waals surface area contributed by atoms with Gasteiger partial charge in [-0.05, 0) is 91.1 Å². The molecule has 218 valence electrons. The van der Waals surface area contributed by atoms with E-state index in [1.807, 2.05) is 0 Å². The molecule has 0 aliphatic rings. The van der Waals surface area contributed by atoms with Gasteiger partial charge in [-0.25, -0.2) is 9.59 Å². The zero-order chi connectivity index (χ0) is 30.2. The maximum Gasteiger partial charge on any atom is 0.453 e. The minimum Gasteiger partial charge on any atom is -0.494 e. The number of rotatable bonds is 12. The van der Waals surface area contributed by atoms with Crippen molar-refractivity contribution in [1.29, 1.82) is 0 Å². The van der Waals surface area contributed by atoms with Gasteiger partial charge >= 0.3 is 24.0 Å². The third-order valence-electron chi connectivity index (χ3n) is 5.84. The average Bonchev–Trinajstić information content (AvgIpc) is 2.89. The fourth-order valence-corrected chi connectivity index (χ4v) is 3.72. The van der Waals surface area contributed by atoms with Crippen molar-refractivity contribution in [2.45, 2.75) is 37.8 Å². The smallest absolute Gasteiger partial charge is 0.453 e. The fraction of sp³-hybridized carbons (Fsp3) is 0.241. The van der Waals surface area contributed by atoms with E-state index in [1.54, 1.807) is 30.3 Å². The number of aliphatic carboxylic acids is 1. The van der Waals surface area contributed by atoms with Crippen LogP contribution in [0.5, 0.6) is 11.5 Å². The molecule has 0 fully saturated rings. The Balaban J connectivity index is 1.53. The largest absolute Gasteiger partial charge is 0.494 e. The summed E-state index contributed by atoms with van der Waals surface area (Å²) in [5.74, 6) is -6.22. The van der Waals surface area contributed by atoms with Crippen LogP contribution < -0.4 is 20.9 Å². The molecule has 0 spiro atoms. The second kappa shape index (κ2) is 13.2. The van der Waals surface area contributed by atoms with Gasteiger partial charge in [-0.2, -0.15) is 22.0 Å². The van der Waals surface area contributed by atoms with E-state index in [9.17, 15) is 36.6 Å². The molecule has 0 amide bonds. The average molecular weight is 579 g/mol. The summed E-state index contributed by atoms with van der Waals surface area (Å²) in [6, 6.07) is 16.6. The lowest BCUT2D eigenvalue weighted by molar-refractivity contribution is -0.284. The van der Waals surface area contributed by atoms with Gasteiger partial charge in [-0.15, -0.1) is 0 Å². The van der Waals surface area contributed by atoms with Crippen LogP contribution in [0.3, 0.4) is 0 Å². The summed E-state index contributed by atoms with van der Waals surface area (Å²) in [6.45, 7) is -0.356. The molecule has 12 heteroatoms. The van der Waals surface area contributed by atoms with Gasteiger partial charge in [-0.3, -0.25) is 0 Å². The van der Waals surface area contributed by atoms with Gasteiger partial charge in [-0.1, -0.05) is 12.1 Å². The van der Waals surface area contributed by atoms with E-state index in [0.29, 0.717) is 23.4 Å². The third kappa shape index (κ3) is 9.23. The van der Waals surface area contributed by atoms with Crippen molar-refractivity contribution in [2.24, 2.45) is 0 Å². The minimum atomic E-state index is -5.61. The van der Waals surface area contributed by atoms with Crippen molar-refractivity contribution in [1.82, 2.24) is 0 Å². The Morgan fingerprint density at radius 1 is 0.854 bits per heavy atom. The summed E-state index contributed by atoms with van der Waals surface area (Å²) in [5, 5.41) is 9.60. The topological polar surface area (TPSA) is 125 Å². The number of nitrogen functional groups attached to an aromatic ring is 2. The minimum absolute atomic E-state index is 0.144. The molecular formula is C29H27F5N2O5. The molecular weight excluding hydrogens is 551 g/mol. The van der Waals surface area contributed by atoms with Crippen LogP contribution in [0.1, 0.15) is 40.7 Å². The van der Waals surface area contributed by atoms with Crippen LogP contribution in [0.15, 0.2) is 72.3 Å². The van der Waals surface area contributed by atoms with Gasteiger partial charge in [0, 0.05) is 23.4 Å². The number of hydrogen-bond donors (Lipinski definition) is 3. The number of hydrogen-bond acceptors (Lipinski definition) is 6. The highest BCUT2D eigenvalue weighted by Gasteiger charge is 2.56. The fourth-order valence-electron chi connectivity index (χ4n) is 3.72. The lowest BCUT2D eigenvalue weighted by atomic mass is 10.0. The third-order valence-corrected chi connectivity index (χ3v) is 5.84. The van der Waals surface area contributed by atoms with Crippen molar-refractivity contribution in [3.8, 4) is 11.5 Å². The molecule has 3 aromatic carbocycles. The van der Waals surface area contributed by atoms with Gasteiger partial charge < -0.3 is 26.0 Å². The Hall–Kier alpha value is -4.61. The van der Waals surface area contributed by atoms with Crippen molar-refractivity contribution < 1.29 is 46.1 Å². The molecule has 0 heterocycles. The van der Waals surface area contributed by atoms with Crippen LogP contribution in [-0.2, 0) is 11.2 Å². The van der Waals surface area contributed by atoms with Gasteiger partial charge in [0.2, 0.25) is 0 Å². The number of carbonyl (C=O) groups excluding carboxylic acids is 1. The summed E-state index contributed by atoms with van der Waals surface area (Å²) < 4.78 is 72.9. The van der Waals surface area contributed by atoms with Crippen molar-refractivity contribution in [3.05, 3.63) is 89.0 Å². The SMILES string of the molecule is Nc1cc(N)cc(CC/C(=C\c2ccc(C(=O)Oc3ccc(OCCCC(F)(F)C(F)(F)F)cc3)cc2)C(=O)O)c1. The standard InChI is InChI=1S/C29H27F5N2O5/c30-28(31,29(32,33)34)12-1-13-40-24-8-10-25(11-9-24)41-27(39)20-5-2-18(3-6-20)14-21(26(37)38)7-4-19-15-22(35)17-23(36)16-19/h2-3,5-6,8-11,14-17H,1,4,7,12-13,35-36H2,(H,37,38)/b21-14+. The number of anilines is 2. The molecule has 0 aliphatic heterocycles. The predicted molar refractivity (Wildman–Crippen MR) is 143 cm³/mol. The molecule has 0 saturated heterocycles. The molecule has 5 N–H and O–H groups in total. The lowest BCUT2D eigenvalue weighted by Crippen LogP contribution is -2.36. The Morgan fingerprint density at radius 3 is 2.00 bits per heavy atom. The van der Waals surface area contributed by atoms with Gasteiger partial charge in [0.1, 0.15) is 11.5 Å². The Labute approximate surface area is 232 Å². The summed E-state index contributed by atoms with van der Waals surface area (Å²) in [6.07, 6.45) is -5.38. The molecule has 41 heavy (non-hydrogen) atoms. The first-order chi connectivity index (χ1) is 19.2. The predicted octanol–water partition coefficient (Wildman–Crippen LogP) is 6.53. The maximum absolute atomic E-state index is 12.9. The zero-order valence-corrected chi connectivity index (χ0v) is 21.6. The van der Waals surface area contributed by atoms with Crippen LogP contribution in [0.2, 0.25) is 0 Å². The second-order valence-electron chi connectivity index (χ2n) is 9.12. The lowest BCUT2D eigenvalue weighted by Gasteiger charge is -2.19. The number of carboxylic acid groups (broad SMARTS) is 1. The monoisotopic (exact) mass is 578 g/mol. The number of esters is 1. The first kappa shape index (κ1) is 30.9. The second-order valence-corrected chi connectivity index (χ2v) is 9.12. The number of ether oxygens (including phenoxy) is 2. The zero-order valence-electron chi connectivity index (χ0n) is 21.6. The summed E-state index contributed by atoms with van der Waals surface area (Å²) in [5.41, 5.74) is 14.2. The number of nitrogens with two attached hydrogens (primary N) is 2. The van der Waals surface area contributed by atoms with E-state index in [1.165, 1.54) is 42.5 Å². The van der Waals surface area contributed by atoms with Crippen LogP contribution in [0.4, 0.5) is 33.3 Å². The molecule has 0 saturated carbocycles. The number of benzene rings is 3. The highest BCUT2D eigenvalue weighted by atomic mass is 19.4. The molecule has 7 nitrogen and oxygen atoms in total. The van der Waals surface area contributed by atoms with E-state index >= 15 is 0 Å². The number of alkyl halides is 5. The van der Waals surface area contributed by atoms with Gasteiger partial charge in [0.15, 0.2) is 0 Å². The first-order valence-corrected chi connectivity index (χ1v) is 12.3. The van der Waals surface area contributed by atoms with E-state index in [4.69, 9.17) is 20.9 Å². The van der Waals surface area contributed by atoms with Crippen LogP contribution >= 0.6 is 0 Å². The summed E-state index contributed by atoms with van der Waals surface area (Å²) in [4.78, 5) is 24.2. The first-order valence-electron chi connectivity index (χ1n) is 12.3. The molecule has 3 rings (SSSR count). The molecule has 0 bridgehead atoms. The highest BCUT2D eigenvalue weighted by molar-refractivity contribution is 5.93. The number of carbonyl (C=O) groups is 2. The normalized spacial score (nSPS) is 12.2. The molecule has 0 unspecified atom stereocenters. The summed E-state index contributed by atoms with van der Waals surface area (Å²) >= 11 is 0. The van der Waals surface area contributed by atoms with Crippen LogP contribution in [0, 0.1) is 0 Å². The van der Waals surface area contributed by atoms with Crippen molar-refractivity contribution >= 4 is 29.4 Å². The molecule has 0 aromatic heterocycles. The van der Waals surface area contributed by atoms with Crippen LogP contribution in [-0.4, -0.2) is 35.8 Å². The molecule has 0 radical (unpaired) electrons. The Kier molecular flexibility index (Phi) is 9.93. The van der Waals surface area contributed by atoms with Crippen LogP contribution in [0.25, 0.3) is 6.08 Å². The van der Waals surface area contributed by atoms with Gasteiger partial charge in [0.25, 0.3) is 0 Å². The van der Waals surface area contributed by atoms with E-state index in [0.717, 1.165) is 5.56 Å². The molecule has 0 atom stereocenters. The highest BCUT2D eigenvalue weighted by Crippen LogP contribution is 2.38. The Morgan fingerprint density at radius 2 is 1.44 bits per heavy atom. The van der Waals surface area contributed by atoms with Crippen molar-refractivity contribution in [2.75, 3.05) is 18.1 Å². The van der Waals surface area contributed by atoms with Crippen molar-refractivity contribution in [3.63, 3.8) is 0 Å². The van der Waals surface area contributed by atoms with E-state index in [2.05, 4.69) is 0 Å². The van der Waals surface area contributed by atoms with E-state index < -0.39 is 36.9 Å². The number of aryl methyl sites for hydroxylation is 1.